The van der Waals surface area contributed by atoms with Crippen molar-refractivity contribution < 1.29 is 4.42 Å². The summed E-state index contributed by atoms with van der Waals surface area (Å²) in [5.74, 6) is 1.29. The SMILES string of the molecule is CC(Sc1nccn1-c1ccc(Br)cc1)c1nc2scc(-c3ccco3)c2c(=O)[nH]1. The number of fused-ring (bicyclic) bond motifs is 1. The van der Waals surface area contributed by atoms with Gasteiger partial charge in [0.05, 0.1) is 16.9 Å². The van der Waals surface area contributed by atoms with Crippen molar-refractivity contribution in [2.24, 2.45) is 0 Å². The monoisotopic (exact) mass is 498 g/mol. The quantitative estimate of drug-likeness (QED) is 0.298. The van der Waals surface area contributed by atoms with Crippen LogP contribution in [0.5, 0.6) is 0 Å². The van der Waals surface area contributed by atoms with Crippen LogP contribution in [0.4, 0.5) is 0 Å². The van der Waals surface area contributed by atoms with Crippen molar-refractivity contribution >= 4 is 49.2 Å². The Morgan fingerprint density at radius 3 is 2.87 bits per heavy atom. The molecule has 9 heteroatoms. The van der Waals surface area contributed by atoms with Crippen LogP contribution in [0.15, 0.2) is 79.3 Å². The molecule has 1 N–H and O–H groups in total. The van der Waals surface area contributed by atoms with E-state index in [0.717, 1.165) is 20.9 Å². The molecule has 0 aliphatic heterocycles. The summed E-state index contributed by atoms with van der Waals surface area (Å²) >= 11 is 6.45. The number of halogens is 1. The van der Waals surface area contributed by atoms with Crippen molar-refractivity contribution in [2.45, 2.75) is 17.3 Å². The summed E-state index contributed by atoms with van der Waals surface area (Å²) in [6, 6.07) is 11.7. The number of thiophene rings is 1. The Kier molecular flexibility index (Phi) is 5.10. The summed E-state index contributed by atoms with van der Waals surface area (Å²) in [5.41, 5.74) is 1.63. The molecule has 5 rings (SSSR count). The van der Waals surface area contributed by atoms with Crippen LogP contribution in [0.1, 0.15) is 18.0 Å². The molecule has 4 aromatic heterocycles. The van der Waals surface area contributed by atoms with Crippen molar-refractivity contribution in [2.75, 3.05) is 0 Å². The molecule has 1 atom stereocenters. The maximum Gasteiger partial charge on any atom is 0.260 e. The normalized spacial score (nSPS) is 12.5. The molecule has 0 radical (unpaired) electrons. The highest BCUT2D eigenvalue weighted by Gasteiger charge is 2.19. The third kappa shape index (κ3) is 3.53. The molecular formula is C21H15BrN4O2S2. The maximum absolute atomic E-state index is 12.8. The molecule has 150 valence electrons. The number of imidazole rings is 1. The Hall–Kier alpha value is -2.62. The molecule has 0 amide bonds. The van der Waals surface area contributed by atoms with Crippen LogP contribution in [0, 0.1) is 0 Å². The van der Waals surface area contributed by atoms with Gasteiger partial charge < -0.3 is 9.40 Å². The van der Waals surface area contributed by atoms with E-state index < -0.39 is 0 Å². The fraction of sp³-hybridized carbons (Fsp3) is 0.0952. The Labute approximate surface area is 188 Å². The summed E-state index contributed by atoms with van der Waals surface area (Å²) in [6.45, 7) is 2.01. The number of benzene rings is 1. The molecule has 4 heterocycles. The number of hydrogen-bond donors (Lipinski definition) is 1. The van der Waals surface area contributed by atoms with Crippen LogP contribution >= 0.6 is 39.0 Å². The van der Waals surface area contributed by atoms with Gasteiger partial charge in [0.1, 0.15) is 16.4 Å². The van der Waals surface area contributed by atoms with Crippen LogP contribution in [0.3, 0.4) is 0 Å². The van der Waals surface area contributed by atoms with E-state index in [4.69, 9.17) is 9.40 Å². The van der Waals surface area contributed by atoms with Gasteiger partial charge in [-0.05, 0) is 43.3 Å². The first-order valence-electron chi connectivity index (χ1n) is 9.11. The topological polar surface area (TPSA) is 76.7 Å². The summed E-state index contributed by atoms with van der Waals surface area (Å²) in [7, 11) is 0. The van der Waals surface area contributed by atoms with Crippen LogP contribution in [0.2, 0.25) is 0 Å². The van der Waals surface area contributed by atoms with Crippen molar-refractivity contribution in [1.29, 1.82) is 0 Å². The first kappa shape index (κ1) is 19.3. The van der Waals surface area contributed by atoms with Gasteiger partial charge in [0, 0.05) is 33.5 Å². The van der Waals surface area contributed by atoms with Gasteiger partial charge in [-0.1, -0.05) is 27.7 Å². The second kappa shape index (κ2) is 7.90. The predicted octanol–water partition coefficient (Wildman–Crippen LogP) is 6.05. The number of nitrogens with one attached hydrogen (secondary N) is 1. The van der Waals surface area contributed by atoms with Gasteiger partial charge in [-0.15, -0.1) is 11.3 Å². The van der Waals surface area contributed by atoms with Crippen LogP contribution < -0.4 is 5.56 Å². The van der Waals surface area contributed by atoms with E-state index in [9.17, 15) is 4.79 Å². The average Bonchev–Trinajstić information content (AvgIpc) is 3.49. The Bertz CT molecular complexity index is 1370. The summed E-state index contributed by atoms with van der Waals surface area (Å²) in [4.78, 5) is 25.7. The van der Waals surface area contributed by atoms with Crippen molar-refractivity contribution in [3.8, 4) is 17.0 Å². The lowest BCUT2D eigenvalue weighted by molar-refractivity contribution is 0.583. The van der Waals surface area contributed by atoms with E-state index in [1.807, 2.05) is 53.4 Å². The van der Waals surface area contributed by atoms with E-state index in [1.165, 1.54) is 11.3 Å². The Balaban J connectivity index is 1.46. The molecule has 1 unspecified atom stereocenters. The highest BCUT2D eigenvalue weighted by molar-refractivity contribution is 9.10. The number of hydrogen-bond acceptors (Lipinski definition) is 6. The van der Waals surface area contributed by atoms with Crippen molar-refractivity contribution in [3.05, 3.63) is 81.1 Å². The first-order valence-corrected chi connectivity index (χ1v) is 11.7. The second-order valence-electron chi connectivity index (χ2n) is 6.57. The minimum absolute atomic E-state index is 0.0899. The zero-order valence-corrected chi connectivity index (χ0v) is 18.9. The van der Waals surface area contributed by atoms with Crippen molar-refractivity contribution in [3.63, 3.8) is 0 Å². The number of aromatic amines is 1. The molecule has 5 aromatic rings. The number of rotatable bonds is 5. The number of thioether (sulfide) groups is 1. The summed E-state index contributed by atoms with van der Waals surface area (Å²) in [5, 5.41) is 3.21. The van der Waals surface area contributed by atoms with Gasteiger partial charge in [0.25, 0.3) is 5.56 Å². The maximum atomic E-state index is 12.8. The van der Waals surface area contributed by atoms with E-state index in [-0.39, 0.29) is 10.8 Å². The standard InChI is InChI=1S/C21H15BrN4O2S2/c1-12(30-21-23-8-9-26(21)14-6-4-13(22)5-7-14)18-24-19(27)17-15(11-29-20(17)25-18)16-3-2-10-28-16/h2-12H,1H3,(H,24,25,27). The molecule has 0 fully saturated rings. The second-order valence-corrected chi connectivity index (χ2v) is 9.66. The molecule has 0 aliphatic carbocycles. The molecular weight excluding hydrogens is 484 g/mol. The van der Waals surface area contributed by atoms with Gasteiger partial charge in [-0.25, -0.2) is 9.97 Å². The van der Waals surface area contributed by atoms with E-state index in [1.54, 1.807) is 30.3 Å². The molecule has 6 nitrogen and oxygen atoms in total. The van der Waals surface area contributed by atoms with Gasteiger partial charge in [-0.2, -0.15) is 0 Å². The fourth-order valence-electron chi connectivity index (χ4n) is 3.16. The third-order valence-corrected chi connectivity index (χ3v) is 7.12. The molecule has 0 spiro atoms. The van der Waals surface area contributed by atoms with E-state index >= 15 is 0 Å². The number of nitrogens with zero attached hydrogens (tertiary/aromatic N) is 3. The van der Waals surface area contributed by atoms with Gasteiger partial charge in [0.2, 0.25) is 0 Å². The van der Waals surface area contributed by atoms with Gasteiger partial charge in [0.15, 0.2) is 5.16 Å². The largest absolute Gasteiger partial charge is 0.464 e. The molecule has 0 bridgehead atoms. The van der Waals surface area contributed by atoms with Crippen LogP contribution in [-0.4, -0.2) is 19.5 Å². The highest BCUT2D eigenvalue weighted by atomic mass is 79.9. The summed E-state index contributed by atoms with van der Waals surface area (Å²) < 4.78 is 8.50. The zero-order chi connectivity index (χ0) is 20.7. The number of H-pyrrole nitrogens is 1. The first-order chi connectivity index (χ1) is 14.6. The van der Waals surface area contributed by atoms with Crippen LogP contribution in [-0.2, 0) is 0 Å². The van der Waals surface area contributed by atoms with E-state index in [2.05, 4.69) is 25.9 Å². The molecule has 0 aliphatic rings. The molecule has 0 saturated carbocycles. The molecule has 30 heavy (non-hydrogen) atoms. The zero-order valence-electron chi connectivity index (χ0n) is 15.7. The average molecular weight is 499 g/mol. The summed E-state index contributed by atoms with van der Waals surface area (Å²) in [6.07, 6.45) is 5.29. The van der Waals surface area contributed by atoms with Crippen molar-refractivity contribution in [1.82, 2.24) is 19.5 Å². The lowest BCUT2D eigenvalue weighted by Gasteiger charge is -2.12. The Morgan fingerprint density at radius 2 is 2.10 bits per heavy atom. The fourth-order valence-corrected chi connectivity index (χ4v) is 5.30. The van der Waals surface area contributed by atoms with E-state index in [0.29, 0.717) is 21.8 Å². The minimum Gasteiger partial charge on any atom is -0.464 e. The minimum atomic E-state index is -0.161. The van der Waals surface area contributed by atoms with Crippen LogP contribution in [0.25, 0.3) is 27.2 Å². The lowest BCUT2D eigenvalue weighted by atomic mass is 10.2. The van der Waals surface area contributed by atoms with Gasteiger partial charge >= 0.3 is 0 Å². The highest BCUT2D eigenvalue weighted by Crippen LogP contribution is 2.35. The molecule has 0 saturated heterocycles. The Morgan fingerprint density at radius 1 is 1.27 bits per heavy atom. The predicted molar refractivity (Wildman–Crippen MR) is 123 cm³/mol. The lowest BCUT2D eigenvalue weighted by Crippen LogP contribution is -2.12. The smallest absolute Gasteiger partial charge is 0.260 e. The van der Waals surface area contributed by atoms with Gasteiger partial charge in [-0.3, -0.25) is 9.36 Å². The number of aromatic nitrogens is 4. The molecule has 1 aromatic carbocycles. The number of furan rings is 1. The third-order valence-electron chi connectivity index (χ3n) is 4.63.